The van der Waals surface area contributed by atoms with Crippen LogP contribution in [0.15, 0.2) is 24.3 Å². The number of hydrogen-bond acceptors (Lipinski definition) is 3. The fraction of sp³-hybridized carbons (Fsp3) is 0.458. The van der Waals surface area contributed by atoms with Crippen molar-refractivity contribution in [1.82, 2.24) is 9.78 Å². The lowest BCUT2D eigenvalue weighted by Gasteiger charge is -2.21. The van der Waals surface area contributed by atoms with Crippen molar-refractivity contribution < 1.29 is 9.53 Å². The van der Waals surface area contributed by atoms with Crippen LogP contribution in [0.3, 0.4) is 0 Å². The van der Waals surface area contributed by atoms with Crippen molar-refractivity contribution in [2.45, 2.75) is 60.8 Å². The summed E-state index contributed by atoms with van der Waals surface area (Å²) in [4.78, 5) is 16.5. The Balaban J connectivity index is 2.73. The predicted octanol–water partition coefficient (Wildman–Crippen LogP) is 5.67. The molecule has 0 atom stereocenters. The summed E-state index contributed by atoms with van der Waals surface area (Å²) >= 11 is 0. The highest BCUT2D eigenvalue weighted by Crippen LogP contribution is 2.34. The van der Waals surface area contributed by atoms with Crippen molar-refractivity contribution in [3.05, 3.63) is 63.8 Å². The van der Waals surface area contributed by atoms with Crippen LogP contribution in [0, 0.1) is 25.8 Å². The number of nitrogens with zero attached hydrogens (tertiary/aromatic N) is 3. The molecule has 1 aromatic heterocycles. The minimum atomic E-state index is -0.698. The quantitative estimate of drug-likeness (QED) is 0.383. The molecule has 29 heavy (non-hydrogen) atoms. The van der Waals surface area contributed by atoms with Crippen molar-refractivity contribution in [3.8, 4) is 0 Å². The van der Waals surface area contributed by atoms with E-state index in [2.05, 4.69) is 30.7 Å². The molecule has 2 aromatic rings. The van der Waals surface area contributed by atoms with Gasteiger partial charge in [-0.2, -0.15) is 5.10 Å². The Morgan fingerprint density at radius 1 is 1.07 bits per heavy atom. The Labute approximate surface area is 174 Å². The lowest BCUT2D eigenvalue weighted by Crippen LogP contribution is -2.23. The zero-order chi connectivity index (χ0) is 22.1. The van der Waals surface area contributed by atoms with Crippen molar-refractivity contribution in [3.63, 3.8) is 0 Å². The van der Waals surface area contributed by atoms with Gasteiger partial charge in [0.15, 0.2) is 5.76 Å². The van der Waals surface area contributed by atoms with E-state index in [0.29, 0.717) is 17.0 Å². The molecule has 0 aliphatic heterocycles. The predicted molar refractivity (Wildman–Crippen MR) is 117 cm³/mol. The molecule has 0 saturated heterocycles. The van der Waals surface area contributed by atoms with Gasteiger partial charge in [0.2, 0.25) is 5.70 Å². The van der Waals surface area contributed by atoms with E-state index in [1.54, 1.807) is 32.5 Å². The molecule has 0 amide bonds. The summed E-state index contributed by atoms with van der Waals surface area (Å²) in [6, 6.07) is 7.87. The van der Waals surface area contributed by atoms with Crippen LogP contribution in [0.5, 0.6) is 0 Å². The van der Waals surface area contributed by atoms with Crippen molar-refractivity contribution in [2.75, 3.05) is 0 Å². The molecule has 5 heteroatoms. The number of carbonyl (C=O) groups excluding carboxylic acids is 1. The standard InChI is InChI=1S/C24H31N3O2/c1-15-16(2)26-27(10)20(15)21(29-22(28)24(6,7)8)19(25-9)17-11-13-18(14-12-17)23(3,4)5/h11-14H,1-8,10H3. The highest BCUT2D eigenvalue weighted by atomic mass is 16.5. The van der Waals surface area contributed by atoms with Crippen molar-refractivity contribution in [2.24, 2.45) is 12.5 Å². The van der Waals surface area contributed by atoms with Gasteiger partial charge in [0, 0.05) is 7.05 Å². The van der Waals surface area contributed by atoms with E-state index in [1.807, 2.05) is 38.1 Å². The molecule has 0 spiro atoms. The Bertz CT molecular complexity index is 989. The molecule has 154 valence electrons. The molecule has 0 bridgehead atoms. The summed E-state index contributed by atoms with van der Waals surface area (Å²) < 4.78 is 7.52. The van der Waals surface area contributed by atoms with E-state index in [0.717, 1.165) is 11.3 Å². The molecular formula is C24H31N3O2. The maximum atomic E-state index is 12.7. The first-order valence-electron chi connectivity index (χ1n) is 9.73. The van der Waals surface area contributed by atoms with Gasteiger partial charge in [0.25, 0.3) is 0 Å². The Morgan fingerprint density at radius 3 is 2.00 bits per heavy atom. The Hall–Kier alpha value is -2.87. The largest absolute Gasteiger partial charge is 0.436 e. The van der Waals surface area contributed by atoms with Gasteiger partial charge < -0.3 is 4.74 Å². The highest BCUT2D eigenvalue weighted by Gasteiger charge is 2.29. The third kappa shape index (κ3) is 4.76. The van der Waals surface area contributed by atoms with Gasteiger partial charge in [-0.3, -0.25) is 9.48 Å². The second kappa shape index (κ2) is 7.87. The monoisotopic (exact) mass is 393 g/mol. The van der Waals surface area contributed by atoms with E-state index >= 15 is 0 Å². The fourth-order valence-electron chi connectivity index (χ4n) is 2.91. The summed E-state index contributed by atoms with van der Waals surface area (Å²) in [5, 5.41) is 4.45. The minimum Gasteiger partial charge on any atom is -0.436 e. The third-order valence-electron chi connectivity index (χ3n) is 4.89. The summed E-state index contributed by atoms with van der Waals surface area (Å²) in [5.41, 5.74) is 3.86. The molecule has 0 unspecified atom stereocenters. The first-order valence-corrected chi connectivity index (χ1v) is 9.73. The number of carbonyl (C=O) groups is 1. The second-order valence-electron chi connectivity index (χ2n) is 9.44. The topological polar surface area (TPSA) is 48.5 Å². The van der Waals surface area contributed by atoms with Gasteiger partial charge in [0.1, 0.15) is 0 Å². The van der Waals surface area contributed by atoms with E-state index in [-0.39, 0.29) is 11.2 Å². The Kier molecular flexibility index (Phi) is 6.08. The van der Waals surface area contributed by atoms with Crippen LogP contribution in [0.1, 0.15) is 69.6 Å². The average molecular weight is 394 g/mol. The van der Waals surface area contributed by atoms with Crippen LogP contribution in [0.4, 0.5) is 0 Å². The number of rotatable bonds is 3. The van der Waals surface area contributed by atoms with Crippen LogP contribution in [-0.4, -0.2) is 15.7 Å². The molecule has 0 saturated carbocycles. The minimum absolute atomic E-state index is 0.0117. The molecular weight excluding hydrogens is 362 g/mol. The number of benzene rings is 1. The molecule has 0 aliphatic rings. The van der Waals surface area contributed by atoms with E-state index in [1.165, 1.54) is 5.56 Å². The van der Waals surface area contributed by atoms with Gasteiger partial charge in [-0.05, 0) is 56.7 Å². The molecule has 1 heterocycles. The van der Waals surface area contributed by atoms with Crippen LogP contribution >= 0.6 is 0 Å². The summed E-state index contributed by atoms with van der Waals surface area (Å²) in [7, 11) is 1.80. The first kappa shape index (κ1) is 22.4. The second-order valence-corrected chi connectivity index (χ2v) is 9.44. The lowest BCUT2D eigenvalue weighted by molar-refractivity contribution is -0.145. The maximum absolute atomic E-state index is 12.7. The van der Waals surface area contributed by atoms with Gasteiger partial charge in [-0.25, -0.2) is 4.85 Å². The normalized spacial score (nSPS) is 13.0. The summed E-state index contributed by atoms with van der Waals surface area (Å²) in [5.74, 6) is -0.137. The highest BCUT2D eigenvalue weighted by molar-refractivity contribution is 5.95. The Morgan fingerprint density at radius 2 is 1.62 bits per heavy atom. The zero-order valence-corrected chi connectivity index (χ0v) is 19.0. The fourth-order valence-corrected chi connectivity index (χ4v) is 2.91. The molecule has 5 nitrogen and oxygen atoms in total. The number of aromatic nitrogens is 2. The van der Waals surface area contributed by atoms with Crippen LogP contribution in [-0.2, 0) is 22.0 Å². The van der Waals surface area contributed by atoms with E-state index < -0.39 is 11.4 Å². The number of aryl methyl sites for hydroxylation is 2. The third-order valence-corrected chi connectivity index (χ3v) is 4.89. The van der Waals surface area contributed by atoms with E-state index in [4.69, 9.17) is 11.3 Å². The first-order chi connectivity index (χ1) is 13.3. The van der Waals surface area contributed by atoms with Gasteiger partial charge >= 0.3 is 5.97 Å². The van der Waals surface area contributed by atoms with Gasteiger partial charge in [-0.1, -0.05) is 45.0 Å². The smallest absolute Gasteiger partial charge is 0.315 e. The summed E-state index contributed by atoms with van der Waals surface area (Å²) in [6.45, 7) is 23.5. The zero-order valence-electron chi connectivity index (χ0n) is 19.0. The van der Waals surface area contributed by atoms with Crippen LogP contribution < -0.4 is 0 Å². The van der Waals surface area contributed by atoms with Crippen LogP contribution in [0.25, 0.3) is 16.3 Å². The molecule has 2 rings (SSSR count). The van der Waals surface area contributed by atoms with E-state index in [9.17, 15) is 4.79 Å². The van der Waals surface area contributed by atoms with Crippen molar-refractivity contribution in [1.29, 1.82) is 0 Å². The number of esters is 1. The van der Waals surface area contributed by atoms with Crippen LogP contribution in [0.2, 0.25) is 0 Å². The molecule has 1 aromatic carbocycles. The van der Waals surface area contributed by atoms with Gasteiger partial charge in [0.05, 0.1) is 23.4 Å². The molecule has 0 fully saturated rings. The molecule has 0 N–H and O–H groups in total. The average Bonchev–Trinajstić information content (AvgIpc) is 2.85. The number of ether oxygens (including phenoxy) is 1. The summed E-state index contributed by atoms with van der Waals surface area (Å²) in [6.07, 6.45) is 0. The number of hydrogen-bond donors (Lipinski definition) is 0. The SMILES string of the molecule is [C-]#[N+]C(=C(OC(=O)C(C)(C)C)c1c(C)c(C)nn1C)c1ccc(C(C)(C)C)cc1. The van der Waals surface area contributed by atoms with Crippen molar-refractivity contribution >= 4 is 17.4 Å². The maximum Gasteiger partial charge on any atom is 0.315 e. The van der Waals surface area contributed by atoms with Gasteiger partial charge in [-0.15, -0.1) is 0 Å². The lowest BCUT2D eigenvalue weighted by atomic mass is 9.86. The molecule has 0 radical (unpaired) electrons. The molecule has 0 aliphatic carbocycles.